The monoisotopic (exact) mass is 327 g/mol. The van der Waals surface area contributed by atoms with E-state index in [-0.39, 0.29) is 0 Å². The Balaban J connectivity index is 1.76. The minimum absolute atomic E-state index is 0.531. The molecule has 0 aliphatic rings. The fourth-order valence-electron chi connectivity index (χ4n) is 2.93. The van der Waals surface area contributed by atoms with Gasteiger partial charge in [-0.15, -0.1) is 0 Å². The van der Waals surface area contributed by atoms with Gasteiger partial charge >= 0.3 is 0 Å². The van der Waals surface area contributed by atoms with Crippen LogP contribution in [-0.2, 0) is 13.0 Å². The lowest BCUT2D eigenvalue weighted by Crippen LogP contribution is -1.99. The molecule has 3 rings (SSSR count). The number of hydrogen-bond acceptors (Lipinski definition) is 2. The SMILES string of the molecule is Cc1cc(CCC#N)ccc1OCc1ccccc1-c1ccccc1. The van der Waals surface area contributed by atoms with Gasteiger partial charge in [0.05, 0.1) is 6.07 Å². The molecule has 0 unspecified atom stereocenters. The van der Waals surface area contributed by atoms with Crippen molar-refractivity contribution in [2.45, 2.75) is 26.4 Å². The highest BCUT2D eigenvalue weighted by molar-refractivity contribution is 5.67. The van der Waals surface area contributed by atoms with Crippen molar-refractivity contribution < 1.29 is 4.74 Å². The van der Waals surface area contributed by atoms with Crippen molar-refractivity contribution in [3.8, 4) is 22.9 Å². The number of ether oxygens (including phenoxy) is 1. The van der Waals surface area contributed by atoms with Crippen LogP contribution in [-0.4, -0.2) is 0 Å². The van der Waals surface area contributed by atoms with Crippen LogP contribution in [0.5, 0.6) is 5.75 Å². The Morgan fingerprint density at radius 3 is 2.44 bits per heavy atom. The smallest absolute Gasteiger partial charge is 0.122 e. The maximum Gasteiger partial charge on any atom is 0.122 e. The first-order valence-corrected chi connectivity index (χ1v) is 8.50. The molecule has 3 aromatic carbocycles. The Morgan fingerprint density at radius 2 is 1.68 bits per heavy atom. The van der Waals surface area contributed by atoms with Gasteiger partial charge in [-0.25, -0.2) is 0 Å². The number of benzene rings is 3. The molecule has 0 saturated heterocycles. The molecule has 2 heteroatoms. The summed E-state index contributed by atoms with van der Waals surface area (Å²) in [5.41, 5.74) is 5.85. The van der Waals surface area contributed by atoms with E-state index < -0.39 is 0 Å². The number of rotatable bonds is 6. The van der Waals surface area contributed by atoms with Gasteiger partial charge in [-0.3, -0.25) is 0 Å². The van der Waals surface area contributed by atoms with Crippen LogP contribution in [0.4, 0.5) is 0 Å². The van der Waals surface area contributed by atoms with Crippen molar-refractivity contribution in [3.63, 3.8) is 0 Å². The second kappa shape index (κ2) is 8.17. The molecular weight excluding hydrogens is 306 g/mol. The van der Waals surface area contributed by atoms with Crippen molar-refractivity contribution >= 4 is 0 Å². The van der Waals surface area contributed by atoms with Crippen molar-refractivity contribution in [1.82, 2.24) is 0 Å². The Morgan fingerprint density at radius 1 is 0.920 bits per heavy atom. The molecule has 0 amide bonds. The van der Waals surface area contributed by atoms with Crippen molar-refractivity contribution in [2.24, 2.45) is 0 Å². The summed E-state index contributed by atoms with van der Waals surface area (Å²) in [6.07, 6.45) is 1.33. The van der Waals surface area contributed by atoms with E-state index in [1.807, 2.05) is 31.2 Å². The van der Waals surface area contributed by atoms with Gasteiger partial charge in [-0.2, -0.15) is 5.26 Å². The summed E-state index contributed by atoms with van der Waals surface area (Å²) in [5, 5.41) is 8.71. The lowest BCUT2D eigenvalue weighted by molar-refractivity contribution is 0.304. The number of nitriles is 1. The molecule has 0 atom stereocenters. The van der Waals surface area contributed by atoms with E-state index in [2.05, 4.69) is 54.6 Å². The third-order valence-corrected chi connectivity index (χ3v) is 4.25. The van der Waals surface area contributed by atoms with Crippen LogP contribution in [0.2, 0.25) is 0 Å². The fraction of sp³-hybridized carbons (Fsp3) is 0.174. The van der Waals surface area contributed by atoms with Crippen LogP contribution in [0, 0.1) is 18.3 Å². The van der Waals surface area contributed by atoms with Crippen LogP contribution in [0.1, 0.15) is 23.1 Å². The lowest BCUT2D eigenvalue weighted by Gasteiger charge is -2.13. The molecule has 0 aliphatic carbocycles. The largest absolute Gasteiger partial charge is 0.489 e. The van der Waals surface area contributed by atoms with Gasteiger partial charge in [0.15, 0.2) is 0 Å². The van der Waals surface area contributed by atoms with E-state index in [9.17, 15) is 0 Å². The molecule has 2 nitrogen and oxygen atoms in total. The molecule has 25 heavy (non-hydrogen) atoms. The maximum absolute atomic E-state index is 8.71. The minimum atomic E-state index is 0.531. The Hall–Kier alpha value is -3.05. The van der Waals surface area contributed by atoms with Gasteiger partial charge in [0.1, 0.15) is 12.4 Å². The van der Waals surface area contributed by atoms with Gasteiger partial charge in [-0.05, 0) is 47.2 Å². The zero-order valence-electron chi connectivity index (χ0n) is 14.4. The Labute approximate surface area is 149 Å². The van der Waals surface area contributed by atoms with E-state index >= 15 is 0 Å². The summed E-state index contributed by atoms with van der Waals surface area (Å²) < 4.78 is 6.08. The molecular formula is C23H21NO. The number of nitrogens with zero attached hydrogens (tertiary/aromatic N) is 1. The molecule has 0 aliphatic heterocycles. The highest BCUT2D eigenvalue weighted by Crippen LogP contribution is 2.26. The second-order valence-corrected chi connectivity index (χ2v) is 6.07. The Kier molecular flexibility index (Phi) is 5.49. The van der Waals surface area contributed by atoms with Crippen LogP contribution in [0.3, 0.4) is 0 Å². The third kappa shape index (κ3) is 4.28. The molecule has 0 radical (unpaired) electrons. The molecule has 124 valence electrons. The summed E-state index contributed by atoms with van der Waals surface area (Å²) in [6, 6.07) is 27.1. The fourth-order valence-corrected chi connectivity index (χ4v) is 2.93. The summed E-state index contributed by atoms with van der Waals surface area (Å²) in [4.78, 5) is 0. The van der Waals surface area contributed by atoms with E-state index in [1.54, 1.807) is 0 Å². The summed E-state index contributed by atoms with van der Waals surface area (Å²) in [6.45, 7) is 2.58. The van der Waals surface area contributed by atoms with E-state index in [0.29, 0.717) is 13.0 Å². The molecule has 3 aromatic rings. The van der Waals surface area contributed by atoms with Crippen molar-refractivity contribution in [1.29, 1.82) is 5.26 Å². The van der Waals surface area contributed by atoms with Crippen LogP contribution >= 0.6 is 0 Å². The van der Waals surface area contributed by atoms with Gasteiger partial charge < -0.3 is 4.74 Å². The lowest BCUT2D eigenvalue weighted by atomic mass is 10.0. The predicted molar refractivity (Wildman–Crippen MR) is 101 cm³/mol. The summed E-state index contributed by atoms with van der Waals surface area (Å²) in [5.74, 6) is 0.892. The molecule has 0 fully saturated rings. The zero-order valence-corrected chi connectivity index (χ0v) is 14.4. The summed E-state index contributed by atoms with van der Waals surface area (Å²) >= 11 is 0. The minimum Gasteiger partial charge on any atom is -0.489 e. The predicted octanol–water partition coefficient (Wildman–Crippen LogP) is 5.70. The first-order chi connectivity index (χ1) is 12.3. The van der Waals surface area contributed by atoms with Crippen molar-refractivity contribution in [3.05, 3.63) is 89.5 Å². The van der Waals surface area contributed by atoms with Gasteiger partial charge in [-0.1, -0.05) is 66.7 Å². The third-order valence-electron chi connectivity index (χ3n) is 4.25. The van der Waals surface area contributed by atoms with Crippen molar-refractivity contribution in [2.75, 3.05) is 0 Å². The average molecular weight is 327 g/mol. The molecule has 0 heterocycles. The highest BCUT2D eigenvalue weighted by Gasteiger charge is 2.07. The summed E-state index contributed by atoms with van der Waals surface area (Å²) in [7, 11) is 0. The first kappa shape index (κ1) is 16.8. The quantitative estimate of drug-likeness (QED) is 0.582. The van der Waals surface area contributed by atoms with Gasteiger partial charge in [0.25, 0.3) is 0 Å². The van der Waals surface area contributed by atoms with E-state index in [1.165, 1.54) is 22.3 Å². The molecule has 0 bridgehead atoms. The van der Waals surface area contributed by atoms with Crippen LogP contribution in [0.15, 0.2) is 72.8 Å². The first-order valence-electron chi connectivity index (χ1n) is 8.50. The van der Waals surface area contributed by atoms with Crippen LogP contribution in [0.25, 0.3) is 11.1 Å². The number of hydrogen-bond donors (Lipinski definition) is 0. The Bertz CT molecular complexity index is 878. The standard InChI is InChI=1S/C23H21NO/c1-18-16-19(8-7-15-24)13-14-23(18)25-17-21-11-5-6-12-22(21)20-9-3-2-4-10-20/h2-6,9-14,16H,7-8,17H2,1H3. The normalized spacial score (nSPS) is 10.2. The highest BCUT2D eigenvalue weighted by atomic mass is 16.5. The second-order valence-electron chi connectivity index (χ2n) is 6.07. The zero-order chi connectivity index (χ0) is 17.5. The van der Waals surface area contributed by atoms with E-state index in [0.717, 1.165) is 17.7 Å². The average Bonchev–Trinajstić information content (AvgIpc) is 2.66. The molecule has 0 N–H and O–H groups in total. The molecule has 0 aromatic heterocycles. The van der Waals surface area contributed by atoms with Gasteiger partial charge in [0, 0.05) is 6.42 Å². The molecule has 0 saturated carbocycles. The van der Waals surface area contributed by atoms with Gasteiger partial charge in [0.2, 0.25) is 0 Å². The number of aryl methyl sites for hydroxylation is 2. The maximum atomic E-state index is 8.71. The van der Waals surface area contributed by atoms with Crippen LogP contribution < -0.4 is 4.74 Å². The topological polar surface area (TPSA) is 33.0 Å². The van der Waals surface area contributed by atoms with E-state index in [4.69, 9.17) is 10.00 Å². The molecule has 0 spiro atoms.